The van der Waals surface area contributed by atoms with E-state index in [9.17, 15) is 9.59 Å². The van der Waals surface area contributed by atoms with Gasteiger partial charge in [0, 0.05) is 42.9 Å². The maximum atomic E-state index is 13.2. The zero-order valence-corrected chi connectivity index (χ0v) is 15.1. The molecule has 1 amide bonds. The fourth-order valence-corrected chi connectivity index (χ4v) is 4.51. The summed E-state index contributed by atoms with van der Waals surface area (Å²) in [6.07, 6.45) is 4.76. The van der Waals surface area contributed by atoms with Crippen LogP contribution in [0.1, 0.15) is 41.7 Å². The van der Waals surface area contributed by atoms with Crippen molar-refractivity contribution in [2.45, 2.75) is 44.2 Å². The molecule has 2 bridgehead atoms. The normalized spacial score (nSPS) is 25.8. The Hall–Kier alpha value is -2.21. The summed E-state index contributed by atoms with van der Waals surface area (Å²) in [6, 6.07) is 6.61. The van der Waals surface area contributed by atoms with Gasteiger partial charge in [-0.1, -0.05) is 6.07 Å². The van der Waals surface area contributed by atoms with Gasteiger partial charge in [-0.15, -0.1) is 0 Å². The van der Waals surface area contributed by atoms with Crippen LogP contribution in [0.5, 0.6) is 0 Å². The van der Waals surface area contributed by atoms with Crippen LogP contribution in [0.2, 0.25) is 0 Å². The highest BCUT2D eigenvalue weighted by Gasteiger charge is 2.40. The number of rotatable bonds is 4. The highest BCUT2D eigenvalue weighted by atomic mass is 16.2. The number of carbonyl (C=O) groups is 2. The fraction of sp³-hybridized carbons (Fsp3) is 0.550. The van der Waals surface area contributed by atoms with E-state index in [1.807, 2.05) is 23.1 Å². The molecule has 1 aliphatic carbocycles. The van der Waals surface area contributed by atoms with Crippen LogP contribution in [-0.4, -0.2) is 63.9 Å². The van der Waals surface area contributed by atoms with E-state index in [1.165, 1.54) is 6.42 Å². The molecule has 136 valence electrons. The van der Waals surface area contributed by atoms with Crippen LogP contribution in [0.3, 0.4) is 0 Å². The van der Waals surface area contributed by atoms with Gasteiger partial charge < -0.3 is 4.90 Å². The number of piperidine rings is 2. The minimum atomic E-state index is 0.0183. The van der Waals surface area contributed by atoms with Crippen molar-refractivity contribution in [2.75, 3.05) is 20.1 Å². The SMILES string of the molecule is CN1CC2CCC1CN2C(=O)c1n[nH]c2ccc(CC(=O)C3CC3)cc12. The highest BCUT2D eigenvalue weighted by molar-refractivity contribution is 6.05. The lowest BCUT2D eigenvalue weighted by molar-refractivity contribution is -0.119. The van der Waals surface area contributed by atoms with Crippen LogP contribution < -0.4 is 0 Å². The number of fused-ring (bicyclic) bond motifs is 4. The molecule has 6 heteroatoms. The number of ketones is 1. The molecule has 4 aliphatic rings. The summed E-state index contributed by atoms with van der Waals surface area (Å²) in [6.45, 7) is 1.73. The predicted molar refractivity (Wildman–Crippen MR) is 98.0 cm³/mol. The van der Waals surface area contributed by atoms with E-state index in [1.54, 1.807) is 0 Å². The summed E-state index contributed by atoms with van der Waals surface area (Å²) >= 11 is 0. The molecular weight excluding hydrogens is 328 g/mol. The maximum Gasteiger partial charge on any atom is 0.275 e. The second kappa shape index (κ2) is 5.91. The lowest BCUT2D eigenvalue weighted by atomic mass is 9.91. The predicted octanol–water partition coefficient (Wildman–Crippen LogP) is 2.00. The van der Waals surface area contributed by atoms with Crippen LogP contribution in [0.25, 0.3) is 10.9 Å². The van der Waals surface area contributed by atoms with Gasteiger partial charge >= 0.3 is 0 Å². The minimum Gasteiger partial charge on any atom is -0.331 e. The molecule has 0 radical (unpaired) electrons. The van der Waals surface area contributed by atoms with E-state index >= 15 is 0 Å². The molecular formula is C20H24N4O2. The Bertz CT molecular complexity index is 885. The summed E-state index contributed by atoms with van der Waals surface area (Å²) in [5.41, 5.74) is 2.33. The number of hydrogen-bond donors (Lipinski definition) is 1. The molecule has 1 aromatic heterocycles. The minimum absolute atomic E-state index is 0.0183. The monoisotopic (exact) mass is 352 g/mol. The number of H-pyrrole nitrogens is 1. The number of hydrogen-bond acceptors (Lipinski definition) is 4. The molecule has 3 aliphatic heterocycles. The van der Waals surface area contributed by atoms with Gasteiger partial charge in [-0.05, 0) is 50.4 Å². The Labute approximate surface area is 152 Å². The fourth-order valence-electron chi connectivity index (χ4n) is 4.51. The largest absolute Gasteiger partial charge is 0.331 e. The second-order valence-corrected chi connectivity index (χ2v) is 8.15. The molecule has 6 rings (SSSR count). The Kier molecular flexibility index (Phi) is 3.64. The molecule has 4 heterocycles. The van der Waals surface area contributed by atoms with Crippen molar-refractivity contribution in [2.24, 2.45) is 5.92 Å². The number of nitrogens with one attached hydrogen (secondary N) is 1. The quantitative estimate of drug-likeness (QED) is 0.914. The average molecular weight is 352 g/mol. The molecule has 2 atom stereocenters. The molecule has 26 heavy (non-hydrogen) atoms. The van der Waals surface area contributed by atoms with E-state index < -0.39 is 0 Å². The number of Topliss-reactive ketones (excluding diaryl/α,β-unsaturated/α-hetero) is 1. The zero-order valence-electron chi connectivity index (χ0n) is 15.1. The van der Waals surface area contributed by atoms with Crippen LogP contribution in [0.15, 0.2) is 18.2 Å². The van der Waals surface area contributed by atoms with Gasteiger partial charge in [0.25, 0.3) is 5.91 Å². The van der Waals surface area contributed by atoms with E-state index in [0.717, 1.165) is 48.8 Å². The topological polar surface area (TPSA) is 69.3 Å². The molecule has 1 N–H and O–H groups in total. The zero-order chi connectivity index (χ0) is 17.8. The number of nitrogens with zero attached hydrogens (tertiary/aromatic N) is 3. The van der Waals surface area contributed by atoms with Crippen LogP contribution in [0, 0.1) is 5.92 Å². The Morgan fingerprint density at radius 2 is 1.96 bits per heavy atom. The summed E-state index contributed by atoms with van der Waals surface area (Å²) in [5, 5.41) is 8.15. The number of carbonyl (C=O) groups excluding carboxylic acids is 2. The number of benzene rings is 1. The lowest BCUT2D eigenvalue weighted by Crippen LogP contribution is -2.62. The Morgan fingerprint density at radius 3 is 2.65 bits per heavy atom. The van der Waals surface area contributed by atoms with Gasteiger partial charge in [0.15, 0.2) is 5.69 Å². The van der Waals surface area contributed by atoms with Crippen LogP contribution in [0.4, 0.5) is 0 Å². The van der Waals surface area contributed by atoms with Crippen molar-refractivity contribution < 1.29 is 9.59 Å². The van der Waals surface area contributed by atoms with E-state index in [4.69, 9.17) is 0 Å². The van der Waals surface area contributed by atoms with Gasteiger partial charge in [-0.2, -0.15) is 5.10 Å². The third kappa shape index (κ3) is 2.63. The molecule has 4 fully saturated rings. The highest BCUT2D eigenvalue weighted by Crippen LogP contribution is 2.32. The average Bonchev–Trinajstić information content (AvgIpc) is 3.42. The first-order valence-electron chi connectivity index (χ1n) is 9.61. The summed E-state index contributed by atoms with van der Waals surface area (Å²) in [4.78, 5) is 29.7. The van der Waals surface area contributed by atoms with Crippen molar-refractivity contribution >= 4 is 22.6 Å². The van der Waals surface area contributed by atoms with Gasteiger partial charge in [0.05, 0.1) is 5.52 Å². The summed E-state index contributed by atoms with van der Waals surface area (Å²) in [7, 11) is 2.14. The molecule has 2 unspecified atom stereocenters. The molecule has 2 aromatic rings. The third-order valence-corrected chi connectivity index (χ3v) is 6.31. The number of aromatic amines is 1. The lowest BCUT2D eigenvalue weighted by Gasteiger charge is -2.50. The van der Waals surface area contributed by atoms with Crippen molar-refractivity contribution in [3.05, 3.63) is 29.5 Å². The maximum absolute atomic E-state index is 13.2. The first kappa shape index (κ1) is 16.0. The Morgan fingerprint density at radius 1 is 1.15 bits per heavy atom. The first-order chi connectivity index (χ1) is 12.6. The van der Waals surface area contributed by atoms with Crippen LogP contribution >= 0.6 is 0 Å². The second-order valence-electron chi connectivity index (χ2n) is 8.15. The van der Waals surface area contributed by atoms with Crippen LogP contribution in [-0.2, 0) is 11.2 Å². The van der Waals surface area contributed by atoms with Crippen molar-refractivity contribution in [1.29, 1.82) is 0 Å². The number of amides is 1. The molecule has 1 aromatic carbocycles. The standard InChI is InChI=1S/C20H24N4O2/c1-23-10-15-6-5-14(23)11-24(15)20(26)19-16-8-12(2-7-17(16)21-22-19)9-18(25)13-3-4-13/h2,7-8,13-15H,3-6,9-11H2,1H3,(H,21,22). The van der Waals surface area contributed by atoms with Crippen molar-refractivity contribution in [3.63, 3.8) is 0 Å². The van der Waals surface area contributed by atoms with Gasteiger partial charge in [0.2, 0.25) is 0 Å². The van der Waals surface area contributed by atoms with E-state index in [-0.39, 0.29) is 17.9 Å². The third-order valence-electron chi connectivity index (χ3n) is 6.31. The van der Waals surface area contributed by atoms with E-state index in [2.05, 4.69) is 22.1 Å². The number of aromatic nitrogens is 2. The number of likely N-dealkylation sites (N-methyl/N-ethyl adjacent to an activating group) is 1. The Balaban J connectivity index is 1.43. The smallest absolute Gasteiger partial charge is 0.275 e. The molecule has 0 spiro atoms. The van der Waals surface area contributed by atoms with E-state index in [0.29, 0.717) is 23.9 Å². The van der Waals surface area contributed by atoms with Crippen molar-refractivity contribution in [1.82, 2.24) is 20.0 Å². The molecule has 3 saturated heterocycles. The summed E-state index contributed by atoms with van der Waals surface area (Å²) in [5.74, 6) is 0.596. The number of piperazine rings is 1. The molecule has 6 nitrogen and oxygen atoms in total. The van der Waals surface area contributed by atoms with Crippen molar-refractivity contribution in [3.8, 4) is 0 Å². The summed E-state index contributed by atoms with van der Waals surface area (Å²) < 4.78 is 0. The van der Waals surface area contributed by atoms with Gasteiger partial charge in [-0.25, -0.2) is 0 Å². The van der Waals surface area contributed by atoms with Gasteiger partial charge in [-0.3, -0.25) is 19.6 Å². The first-order valence-corrected chi connectivity index (χ1v) is 9.61. The molecule has 1 saturated carbocycles. The van der Waals surface area contributed by atoms with Gasteiger partial charge in [0.1, 0.15) is 5.78 Å².